The minimum atomic E-state index is -0.376. The van der Waals surface area contributed by atoms with E-state index < -0.39 is 0 Å². The van der Waals surface area contributed by atoms with Crippen LogP contribution < -0.4 is 16.2 Å². The lowest BCUT2D eigenvalue weighted by molar-refractivity contribution is 0.248. The molecule has 0 fully saturated rings. The van der Waals surface area contributed by atoms with Gasteiger partial charge in [-0.1, -0.05) is 0 Å². The first kappa shape index (κ1) is 13.8. The highest BCUT2D eigenvalue weighted by Crippen LogP contribution is 2.08. The van der Waals surface area contributed by atoms with Crippen LogP contribution in [0.3, 0.4) is 0 Å². The molecule has 2 aromatic heterocycles. The number of anilines is 1. The van der Waals surface area contributed by atoms with E-state index in [9.17, 15) is 9.59 Å². The van der Waals surface area contributed by atoms with E-state index in [2.05, 4.69) is 20.8 Å². The molecule has 2 heterocycles. The van der Waals surface area contributed by atoms with Gasteiger partial charge in [-0.05, 0) is 13.0 Å². The van der Waals surface area contributed by atoms with E-state index in [1.165, 1.54) is 10.6 Å². The Kier molecular flexibility index (Phi) is 3.83. The highest BCUT2D eigenvalue weighted by Gasteiger charge is 2.14. The maximum atomic E-state index is 11.9. The van der Waals surface area contributed by atoms with Gasteiger partial charge in [-0.2, -0.15) is 0 Å². The Labute approximate surface area is 115 Å². The molecule has 8 nitrogen and oxygen atoms in total. The predicted octanol–water partition coefficient (Wildman–Crippen LogP) is 0.396. The monoisotopic (exact) mass is 276 g/mol. The number of pyridine rings is 1. The van der Waals surface area contributed by atoms with Gasteiger partial charge >= 0.3 is 6.03 Å². The lowest BCUT2D eigenvalue weighted by Crippen LogP contribution is -2.32. The van der Waals surface area contributed by atoms with Crippen LogP contribution in [0.2, 0.25) is 0 Å². The summed E-state index contributed by atoms with van der Waals surface area (Å²) in [6.07, 6.45) is 3.12. The molecule has 1 atom stereocenters. The lowest BCUT2D eigenvalue weighted by atomic mass is 10.3. The summed E-state index contributed by atoms with van der Waals surface area (Å²) in [6, 6.07) is 2.28. The van der Waals surface area contributed by atoms with Gasteiger partial charge in [0, 0.05) is 26.4 Å². The summed E-state index contributed by atoms with van der Waals surface area (Å²) in [7, 11) is 3.42. The van der Waals surface area contributed by atoms with Crippen LogP contribution in [0.4, 0.5) is 10.5 Å². The Morgan fingerprint density at radius 3 is 2.65 bits per heavy atom. The molecule has 0 unspecified atom stereocenters. The van der Waals surface area contributed by atoms with E-state index in [-0.39, 0.29) is 17.6 Å². The summed E-state index contributed by atoms with van der Waals surface area (Å²) in [4.78, 5) is 23.1. The minimum absolute atomic E-state index is 0.136. The second-order valence-corrected chi connectivity index (χ2v) is 4.49. The number of rotatable bonds is 3. The third kappa shape index (κ3) is 3.02. The zero-order valence-electron chi connectivity index (χ0n) is 11.5. The molecule has 0 radical (unpaired) electrons. The van der Waals surface area contributed by atoms with Gasteiger partial charge in [0.2, 0.25) is 5.56 Å². The third-order valence-electron chi connectivity index (χ3n) is 2.83. The summed E-state index contributed by atoms with van der Waals surface area (Å²) in [5, 5.41) is 13.1. The van der Waals surface area contributed by atoms with Gasteiger partial charge in [-0.15, -0.1) is 10.2 Å². The van der Waals surface area contributed by atoms with Gasteiger partial charge in [0.1, 0.15) is 6.33 Å². The van der Waals surface area contributed by atoms with Crippen molar-refractivity contribution >= 4 is 11.7 Å². The number of hydrogen-bond acceptors (Lipinski definition) is 4. The van der Waals surface area contributed by atoms with Gasteiger partial charge in [0.15, 0.2) is 5.82 Å². The highest BCUT2D eigenvalue weighted by atomic mass is 16.2. The van der Waals surface area contributed by atoms with E-state index in [0.717, 1.165) is 0 Å². The molecule has 2 N–H and O–H groups in total. The van der Waals surface area contributed by atoms with E-state index in [1.54, 1.807) is 37.3 Å². The first-order valence-corrected chi connectivity index (χ1v) is 6.05. The van der Waals surface area contributed by atoms with Crippen molar-refractivity contribution in [2.24, 2.45) is 14.1 Å². The van der Waals surface area contributed by atoms with Gasteiger partial charge in [0.25, 0.3) is 0 Å². The molecular formula is C12H16N6O2. The van der Waals surface area contributed by atoms with Crippen molar-refractivity contribution in [1.82, 2.24) is 24.6 Å². The fraction of sp³-hybridized carbons (Fsp3) is 0.333. The smallest absolute Gasteiger partial charge is 0.319 e. The molecule has 20 heavy (non-hydrogen) atoms. The number of hydrogen-bond donors (Lipinski definition) is 2. The molecule has 0 saturated carbocycles. The van der Waals surface area contributed by atoms with E-state index in [0.29, 0.717) is 11.5 Å². The molecule has 2 rings (SSSR count). The van der Waals surface area contributed by atoms with Gasteiger partial charge in [-0.25, -0.2) is 4.79 Å². The molecule has 2 aromatic rings. The number of nitrogens with zero attached hydrogens (tertiary/aromatic N) is 4. The van der Waals surface area contributed by atoms with Crippen LogP contribution in [0.1, 0.15) is 18.8 Å². The van der Waals surface area contributed by atoms with Crippen molar-refractivity contribution in [1.29, 1.82) is 0 Å². The zero-order valence-corrected chi connectivity index (χ0v) is 11.5. The number of carbonyl (C=O) groups excluding carboxylic acids is 1. The van der Waals surface area contributed by atoms with Crippen molar-refractivity contribution in [3.63, 3.8) is 0 Å². The third-order valence-corrected chi connectivity index (χ3v) is 2.83. The SMILES string of the molecule is C[C@@H](NC(=O)Nc1ccc(=O)n(C)c1)c1nncn1C. The van der Waals surface area contributed by atoms with Crippen LogP contribution in [-0.2, 0) is 14.1 Å². The molecular weight excluding hydrogens is 260 g/mol. The van der Waals surface area contributed by atoms with Crippen LogP contribution in [-0.4, -0.2) is 25.4 Å². The summed E-state index contributed by atoms with van der Waals surface area (Å²) in [6.45, 7) is 1.81. The Bertz CT molecular complexity index is 675. The Balaban J connectivity index is 2.00. The van der Waals surface area contributed by atoms with Crippen LogP contribution >= 0.6 is 0 Å². The number of aromatic nitrogens is 4. The maximum absolute atomic E-state index is 11.9. The van der Waals surface area contributed by atoms with Gasteiger partial charge in [0.05, 0.1) is 11.7 Å². The number of carbonyl (C=O) groups is 1. The van der Waals surface area contributed by atoms with Crippen LogP contribution in [0, 0.1) is 0 Å². The van der Waals surface area contributed by atoms with Crippen molar-refractivity contribution in [3.05, 3.63) is 40.8 Å². The van der Waals surface area contributed by atoms with E-state index in [4.69, 9.17) is 0 Å². The zero-order chi connectivity index (χ0) is 14.7. The van der Waals surface area contributed by atoms with Crippen LogP contribution in [0.5, 0.6) is 0 Å². The molecule has 0 aliphatic carbocycles. The standard InChI is InChI=1S/C12H16N6O2/c1-8(11-16-13-7-18(11)3)14-12(20)15-9-4-5-10(19)17(2)6-9/h4-8H,1-3H3,(H2,14,15,20)/t8-/m1/s1. The molecule has 8 heteroatoms. The first-order chi connectivity index (χ1) is 9.47. The first-order valence-electron chi connectivity index (χ1n) is 6.05. The molecule has 106 valence electrons. The van der Waals surface area contributed by atoms with E-state index >= 15 is 0 Å². The van der Waals surface area contributed by atoms with Gasteiger partial charge < -0.3 is 19.8 Å². The average Bonchev–Trinajstić information content (AvgIpc) is 2.80. The Hall–Kier alpha value is -2.64. The minimum Gasteiger partial charge on any atom is -0.328 e. The number of urea groups is 1. The Morgan fingerprint density at radius 1 is 1.30 bits per heavy atom. The van der Waals surface area contributed by atoms with Crippen molar-refractivity contribution < 1.29 is 4.79 Å². The fourth-order valence-electron chi connectivity index (χ4n) is 1.78. The topological polar surface area (TPSA) is 93.8 Å². The summed E-state index contributed by atoms with van der Waals surface area (Å²) in [5.41, 5.74) is 0.401. The average molecular weight is 276 g/mol. The lowest BCUT2D eigenvalue weighted by Gasteiger charge is -2.14. The number of nitrogens with one attached hydrogen (secondary N) is 2. The van der Waals surface area contributed by atoms with E-state index in [1.807, 2.05) is 6.92 Å². The summed E-state index contributed by atoms with van der Waals surface area (Å²) < 4.78 is 3.12. The normalized spacial score (nSPS) is 11.9. The molecule has 2 amide bonds. The second-order valence-electron chi connectivity index (χ2n) is 4.49. The molecule has 0 saturated heterocycles. The highest BCUT2D eigenvalue weighted by molar-refractivity contribution is 5.89. The largest absolute Gasteiger partial charge is 0.328 e. The van der Waals surface area contributed by atoms with Crippen LogP contribution in [0.15, 0.2) is 29.5 Å². The fourth-order valence-corrected chi connectivity index (χ4v) is 1.78. The maximum Gasteiger partial charge on any atom is 0.319 e. The second kappa shape index (κ2) is 5.55. The van der Waals surface area contributed by atoms with Crippen molar-refractivity contribution in [2.45, 2.75) is 13.0 Å². The molecule has 0 spiro atoms. The van der Waals surface area contributed by atoms with Crippen molar-refractivity contribution in [3.8, 4) is 0 Å². The molecule has 0 aliphatic heterocycles. The van der Waals surface area contributed by atoms with Crippen LogP contribution in [0.25, 0.3) is 0 Å². The number of aryl methyl sites for hydroxylation is 2. The molecule has 0 bridgehead atoms. The Morgan fingerprint density at radius 2 is 2.05 bits per heavy atom. The van der Waals surface area contributed by atoms with Gasteiger partial charge in [-0.3, -0.25) is 4.79 Å². The number of amides is 2. The van der Waals surface area contributed by atoms with Crippen molar-refractivity contribution in [2.75, 3.05) is 5.32 Å². The quantitative estimate of drug-likeness (QED) is 0.848. The summed E-state index contributed by atoms with van der Waals surface area (Å²) >= 11 is 0. The predicted molar refractivity (Wildman–Crippen MR) is 73.3 cm³/mol. The summed E-state index contributed by atoms with van der Waals surface area (Å²) in [5.74, 6) is 0.653. The molecule has 0 aromatic carbocycles. The molecule has 0 aliphatic rings.